The summed E-state index contributed by atoms with van der Waals surface area (Å²) in [7, 11) is 0. The summed E-state index contributed by atoms with van der Waals surface area (Å²) in [5, 5.41) is 0. The van der Waals surface area contributed by atoms with Crippen molar-refractivity contribution in [3.8, 4) is 0 Å². The summed E-state index contributed by atoms with van der Waals surface area (Å²) in [5.41, 5.74) is 3.57. The fraction of sp³-hybridized carbons (Fsp3) is 0.733. The third-order valence-corrected chi connectivity index (χ3v) is 4.05. The minimum Gasteiger partial charge on any atom is -0.308 e. The Morgan fingerprint density at radius 2 is 2.20 bits per heavy atom. The zero-order valence-electron chi connectivity index (χ0n) is 12.7. The fourth-order valence-electron chi connectivity index (χ4n) is 3.05. The Morgan fingerprint density at radius 1 is 1.35 bits per heavy atom. The van der Waals surface area contributed by atoms with Gasteiger partial charge in [-0.3, -0.25) is 4.90 Å². The third kappa shape index (κ3) is 4.42. The van der Waals surface area contributed by atoms with Crippen LogP contribution in [0.5, 0.6) is 0 Å². The zero-order chi connectivity index (χ0) is 14.4. The molecule has 0 bridgehead atoms. The quantitative estimate of drug-likeness (QED) is 0.639. The molecule has 2 heterocycles. The SMILES string of the molecule is CCCC1CCCN(Cc2nc(C)cc(NN)n2)CC1. The van der Waals surface area contributed by atoms with E-state index in [1.54, 1.807) is 0 Å². The average molecular weight is 277 g/mol. The topological polar surface area (TPSA) is 67.1 Å². The average Bonchev–Trinajstić information content (AvgIpc) is 2.64. The molecule has 0 aliphatic carbocycles. The largest absolute Gasteiger partial charge is 0.308 e. The molecular formula is C15H27N5. The van der Waals surface area contributed by atoms with Crippen molar-refractivity contribution in [2.45, 2.75) is 52.5 Å². The molecule has 1 aromatic rings. The highest BCUT2D eigenvalue weighted by molar-refractivity contribution is 5.33. The van der Waals surface area contributed by atoms with E-state index in [4.69, 9.17) is 5.84 Å². The van der Waals surface area contributed by atoms with Crippen molar-refractivity contribution in [3.05, 3.63) is 17.6 Å². The van der Waals surface area contributed by atoms with Crippen LogP contribution >= 0.6 is 0 Å². The molecule has 1 saturated heterocycles. The smallest absolute Gasteiger partial charge is 0.145 e. The minimum atomic E-state index is 0.700. The molecule has 2 rings (SSSR count). The standard InChI is InChI=1S/C15H27N5/c1-3-5-13-6-4-8-20(9-7-13)11-15-17-12(2)10-14(18-15)19-16/h10,13H,3-9,11,16H2,1-2H3,(H,17,18,19). The molecule has 20 heavy (non-hydrogen) atoms. The van der Waals surface area contributed by atoms with Crippen molar-refractivity contribution < 1.29 is 0 Å². The van der Waals surface area contributed by atoms with Crippen LogP contribution in [0, 0.1) is 12.8 Å². The van der Waals surface area contributed by atoms with E-state index in [1.807, 2.05) is 13.0 Å². The molecule has 112 valence electrons. The number of rotatable bonds is 5. The Balaban J connectivity index is 1.94. The van der Waals surface area contributed by atoms with E-state index in [2.05, 4.69) is 27.2 Å². The molecule has 0 radical (unpaired) electrons. The molecule has 1 aromatic heterocycles. The number of anilines is 1. The van der Waals surface area contributed by atoms with Gasteiger partial charge in [0.05, 0.1) is 6.54 Å². The number of aryl methyl sites for hydroxylation is 1. The molecule has 0 aromatic carbocycles. The number of aromatic nitrogens is 2. The Morgan fingerprint density at radius 3 is 2.95 bits per heavy atom. The molecule has 0 spiro atoms. The van der Waals surface area contributed by atoms with Crippen LogP contribution in [0.15, 0.2) is 6.07 Å². The first-order valence-electron chi connectivity index (χ1n) is 7.74. The van der Waals surface area contributed by atoms with Crippen molar-refractivity contribution in [2.24, 2.45) is 11.8 Å². The van der Waals surface area contributed by atoms with E-state index in [0.717, 1.165) is 37.1 Å². The van der Waals surface area contributed by atoms with E-state index in [0.29, 0.717) is 5.82 Å². The number of likely N-dealkylation sites (tertiary alicyclic amines) is 1. The van der Waals surface area contributed by atoms with Gasteiger partial charge in [0, 0.05) is 11.8 Å². The van der Waals surface area contributed by atoms with Gasteiger partial charge < -0.3 is 5.43 Å². The maximum atomic E-state index is 5.44. The summed E-state index contributed by atoms with van der Waals surface area (Å²) in [5.74, 6) is 7.92. The van der Waals surface area contributed by atoms with Gasteiger partial charge in [0.25, 0.3) is 0 Å². The van der Waals surface area contributed by atoms with Crippen LogP contribution in [0.25, 0.3) is 0 Å². The van der Waals surface area contributed by atoms with Gasteiger partial charge in [-0.15, -0.1) is 0 Å². The molecule has 1 aliphatic heterocycles. The van der Waals surface area contributed by atoms with Gasteiger partial charge >= 0.3 is 0 Å². The minimum absolute atomic E-state index is 0.700. The van der Waals surface area contributed by atoms with Crippen LogP contribution in [-0.2, 0) is 6.54 Å². The van der Waals surface area contributed by atoms with Crippen LogP contribution in [0.4, 0.5) is 5.82 Å². The Bertz CT molecular complexity index is 421. The van der Waals surface area contributed by atoms with Crippen LogP contribution in [-0.4, -0.2) is 28.0 Å². The third-order valence-electron chi connectivity index (χ3n) is 4.05. The molecule has 0 saturated carbocycles. The van der Waals surface area contributed by atoms with E-state index >= 15 is 0 Å². The number of hydrogen-bond donors (Lipinski definition) is 2. The summed E-state index contributed by atoms with van der Waals surface area (Å²) < 4.78 is 0. The van der Waals surface area contributed by atoms with Gasteiger partial charge in [-0.1, -0.05) is 19.8 Å². The van der Waals surface area contributed by atoms with Crippen molar-refractivity contribution >= 4 is 5.82 Å². The highest BCUT2D eigenvalue weighted by atomic mass is 15.3. The van der Waals surface area contributed by atoms with E-state index in [1.165, 1.54) is 32.1 Å². The molecule has 3 N–H and O–H groups in total. The Hall–Kier alpha value is -1.20. The number of nitrogen functional groups attached to an aromatic ring is 1. The lowest BCUT2D eigenvalue weighted by Gasteiger charge is -2.19. The molecular weight excluding hydrogens is 250 g/mol. The monoisotopic (exact) mass is 277 g/mol. The molecule has 1 atom stereocenters. The second kappa shape index (κ2) is 7.55. The van der Waals surface area contributed by atoms with Crippen molar-refractivity contribution in [3.63, 3.8) is 0 Å². The first kappa shape index (κ1) is 15.2. The molecule has 1 aliphatic rings. The first-order chi connectivity index (χ1) is 9.71. The lowest BCUT2D eigenvalue weighted by atomic mass is 9.96. The lowest BCUT2D eigenvalue weighted by molar-refractivity contribution is 0.264. The summed E-state index contributed by atoms with van der Waals surface area (Å²) in [6.45, 7) is 7.40. The number of nitrogens with zero attached hydrogens (tertiary/aromatic N) is 3. The maximum Gasteiger partial charge on any atom is 0.145 e. The lowest BCUT2D eigenvalue weighted by Crippen LogP contribution is -2.26. The maximum absolute atomic E-state index is 5.44. The number of hydrogen-bond acceptors (Lipinski definition) is 5. The highest BCUT2D eigenvalue weighted by Gasteiger charge is 2.17. The summed E-state index contributed by atoms with van der Waals surface area (Å²) >= 11 is 0. The Kier molecular flexibility index (Phi) is 5.73. The number of nitrogens with two attached hydrogens (primary N) is 1. The van der Waals surface area contributed by atoms with Gasteiger partial charge in [0.1, 0.15) is 11.6 Å². The molecule has 5 heteroatoms. The van der Waals surface area contributed by atoms with Gasteiger partial charge in [-0.2, -0.15) is 0 Å². The van der Waals surface area contributed by atoms with Crippen LogP contribution < -0.4 is 11.3 Å². The van der Waals surface area contributed by atoms with Gasteiger partial charge in [0.2, 0.25) is 0 Å². The van der Waals surface area contributed by atoms with Crippen molar-refractivity contribution in [2.75, 3.05) is 18.5 Å². The van der Waals surface area contributed by atoms with Gasteiger partial charge in [0.15, 0.2) is 0 Å². The van der Waals surface area contributed by atoms with Crippen molar-refractivity contribution in [1.82, 2.24) is 14.9 Å². The fourth-order valence-corrected chi connectivity index (χ4v) is 3.05. The summed E-state index contributed by atoms with van der Waals surface area (Å²) in [6, 6.07) is 1.86. The van der Waals surface area contributed by atoms with Gasteiger partial charge in [-0.05, 0) is 45.2 Å². The number of hydrazine groups is 1. The highest BCUT2D eigenvalue weighted by Crippen LogP contribution is 2.22. The molecule has 5 nitrogen and oxygen atoms in total. The normalized spacial score (nSPS) is 20.6. The second-order valence-corrected chi connectivity index (χ2v) is 5.82. The first-order valence-corrected chi connectivity index (χ1v) is 7.74. The van der Waals surface area contributed by atoms with E-state index in [-0.39, 0.29) is 0 Å². The molecule has 1 fully saturated rings. The van der Waals surface area contributed by atoms with Crippen LogP contribution in [0.1, 0.15) is 50.5 Å². The van der Waals surface area contributed by atoms with Crippen molar-refractivity contribution in [1.29, 1.82) is 0 Å². The van der Waals surface area contributed by atoms with Crippen LogP contribution in [0.2, 0.25) is 0 Å². The summed E-state index contributed by atoms with van der Waals surface area (Å²) in [4.78, 5) is 11.4. The molecule has 1 unspecified atom stereocenters. The Labute approximate surface area is 121 Å². The van der Waals surface area contributed by atoms with E-state index < -0.39 is 0 Å². The second-order valence-electron chi connectivity index (χ2n) is 5.82. The predicted molar refractivity (Wildman–Crippen MR) is 82.1 cm³/mol. The summed E-state index contributed by atoms with van der Waals surface area (Å²) in [6.07, 6.45) is 6.64. The predicted octanol–water partition coefficient (Wildman–Crippen LogP) is 2.47. The zero-order valence-corrected chi connectivity index (χ0v) is 12.7. The number of nitrogens with one attached hydrogen (secondary N) is 1. The van der Waals surface area contributed by atoms with E-state index in [9.17, 15) is 0 Å². The van der Waals surface area contributed by atoms with Gasteiger partial charge in [-0.25, -0.2) is 15.8 Å². The molecule has 0 amide bonds. The van der Waals surface area contributed by atoms with Crippen LogP contribution in [0.3, 0.4) is 0 Å².